The Balaban J connectivity index is 3.15. The van der Waals surface area contributed by atoms with E-state index in [1.165, 1.54) is 44.9 Å². The lowest BCUT2D eigenvalue weighted by molar-refractivity contribution is -0.124. The van der Waals surface area contributed by atoms with Crippen molar-refractivity contribution in [1.82, 2.24) is 5.32 Å². The third-order valence-electron chi connectivity index (χ3n) is 2.97. The first-order valence-electron chi connectivity index (χ1n) is 7.21. The summed E-state index contributed by atoms with van der Waals surface area (Å²) in [5, 5.41) is 2.49. The standard InChI is InChI=1S/C14H28N2O2/c1-2-3-4-5-6-7-8-9-10-11-14(18)16-12-13(15)17/h2-12H2,1H3,(H2,15,17)(H,16,18). The third kappa shape index (κ3) is 13.0. The van der Waals surface area contributed by atoms with Crippen molar-refractivity contribution < 1.29 is 9.59 Å². The molecule has 0 saturated heterocycles. The van der Waals surface area contributed by atoms with Crippen LogP contribution >= 0.6 is 0 Å². The molecule has 0 unspecified atom stereocenters. The molecule has 4 heteroatoms. The molecule has 2 amide bonds. The summed E-state index contributed by atoms with van der Waals surface area (Å²) in [6, 6.07) is 0. The fraction of sp³-hybridized carbons (Fsp3) is 0.857. The highest BCUT2D eigenvalue weighted by Crippen LogP contribution is 2.10. The van der Waals surface area contributed by atoms with E-state index in [9.17, 15) is 9.59 Å². The molecule has 0 aromatic carbocycles. The van der Waals surface area contributed by atoms with Gasteiger partial charge in [-0.1, -0.05) is 58.3 Å². The van der Waals surface area contributed by atoms with Crippen LogP contribution in [0.3, 0.4) is 0 Å². The van der Waals surface area contributed by atoms with E-state index < -0.39 is 5.91 Å². The third-order valence-corrected chi connectivity index (χ3v) is 2.97. The number of rotatable bonds is 12. The number of nitrogens with one attached hydrogen (secondary N) is 1. The van der Waals surface area contributed by atoms with Gasteiger partial charge in [-0.2, -0.15) is 0 Å². The van der Waals surface area contributed by atoms with Crippen molar-refractivity contribution >= 4 is 11.8 Å². The van der Waals surface area contributed by atoms with Gasteiger partial charge in [0.25, 0.3) is 0 Å². The normalized spacial score (nSPS) is 10.3. The van der Waals surface area contributed by atoms with E-state index >= 15 is 0 Å². The van der Waals surface area contributed by atoms with Crippen molar-refractivity contribution in [3.8, 4) is 0 Å². The van der Waals surface area contributed by atoms with Gasteiger partial charge >= 0.3 is 0 Å². The zero-order valence-corrected chi connectivity index (χ0v) is 11.7. The summed E-state index contributed by atoms with van der Waals surface area (Å²) in [5.74, 6) is -0.563. The highest BCUT2D eigenvalue weighted by molar-refractivity contribution is 5.83. The van der Waals surface area contributed by atoms with E-state index in [1.54, 1.807) is 0 Å². The van der Waals surface area contributed by atoms with Crippen molar-refractivity contribution in [3.05, 3.63) is 0 Å². The average molecular weight is 256 g/mol. The number of amides is 2. The van der Waals surface area contributed by atoms with Crippen LogP contribution in [-0.2, 0) is 9.59 Å². The zero-order valence-electron chi connectivity index (χ0n) is 11.7. The predicted octanol–water partition coefficient (Wildman–Crippen LogP) is 2.51. The Hall–Kier alpha value is -1.06. The number of hydrogen-bond acceptors (Lipinski definition) is 2. The molecule has 3 N–H and O–H groups in total. The summed E-state index contributed by atoms with van der Waals surface area (Å²) >= 11 is 0. The van der Waals surface area contributed by atoms with E-state index in [-0.39, 0.29) is 12.5 Å². The number of carbonyl (C=O) groups excluding carboxylic acids is 2. The predicted molar refractivity (Wildman–Crippen MR) is 74.0 cm³/mol. The molecule has 0 aromatic rings. The van der Waals surface area contributed by atoms with E-state index in [2.05, 4.69) is 12.2 Å². The summed E-state index contributed by atoms with van der Waals surface area (Å²) < 4.78 is 0. The molecule has 0 atom stereocenters. The van der Waals surface area contributed by atoms with Crippen LogP contribution in [-0.4, -0.2) is 18.4 Å². The van der Waals surface area contributed by atoms with Crippen LogP contribution in [0.4, 0.5) is 0 Å². The summed E-state index contributed by atoms with van der Waals surface area (Å²) in [6.07, 6.45) is 11.6. The molecule has 0 aliphatic carbocycles. The van der Waals surface area contributed by atoms with Crippen molar-refractivity contribution in [1.29, 1.82) is 0 Å². The van der Waals surface area contributed by atoms with Crippen molar-refractivity contribution in [2.45, 2.75) is 71.1 Å². The molecule has 106 valence electrons. The highest BCUT2D eigenvalue weighted by Gasteiger charge is 2.01. The van der Waals surface area contributed by atoms with Crippen LogP contribution in [0.15, 0.2) is 0 Å². The fourth-order valence-electron chi connectivity index (χ4n) is 1.87. The molecule has 18 heavy (non-hydrogen) atoms. The van der Waals surface area contributed by atoms with Gasteiger partial charge in [0.15, 0.2) is 0 Å². The van der Waals surface area contributed by atoms with Crippen LogP contribution in [0.2, 0.25) is 0 Å². The first kappa shape index (κ1) is 16.9. The number of unbranched alkanes of at least 4 members (excludes halogenated alkanes) is 8. The van der Waals surface area contributed by atoms with Gasteiger partial charge in [0.1, 0.15) is 0 Å². The Bertz CT molecular complexity index is 230. The summed E-state index contributed by atoms with van der Waals surface area (Å²) in [5.41, 5.74) is 4.93. The fourth-order valence-corrected chi connectivity index (χ4v) is 1.87. The minimum absolute atomic E-state index is 0.0454. The van der Waals surface area contributed by atoms with E-state index in [0.29, 0.717) is 6.42 Å². The van der Waals surface area contributed by atoms with Crippen molar-refractivity contribution in [2.75, 3.05) is 6.54 Å². The Morgan fingerprint density at radius 2 is 1.39 bits per heavy atom. The average Bonchev–Trinajstić information content (AvgIpc) is 2.34. The Kier molecular flexibility index (Phi) is 11.7. The number of primary amides is 1. The molecule has 0 rings (SSSR count). The monoisotopic (exact) mass is 256 g/mol. The second-order valence-electron chi connectivity index (χ2n) is 4.82. The van der Waals surface area contributed by atoms with E-state index in [1.807, 2.05) is 0 Å². The minimum atomic E-state index is -0.490. The molecule has 4 nitrogen and oxygen atoms in total. The SMILES string of the molecule is CCCCCCCCCCCC(=O)NCC(N)=O. The zero-order chi connectivity index (χ0) is 13.6. The first-order chi connectivity index (χ1) is 8.66. The van der Waals surface area contributed by atoms with Gasteiger partial charge in [-0.25, -0.2) is 0 Å². The Morgan fingerprint density at radius 3 is 1.89 bits per heavy atom. The molecule has 0 aliphatic heterocycles. The topological polar surface area (TPSA) is 72.2 Å². The molecular weight excluding hydrogens is 228 g/mol. The Labute approximate surface area is 111 Å². The smallest absolute Gasteiger partial charge is 0.236 e. The Morgan fingerprint density at radius 1 is 0.889 bits per heavy atom. The van der Waals surface area contributed by atoms with Crippen LogP contribution in [0, 0.1) is 0 Å². The maximum Gasteiger partial charge on any atom is 0.236 e. The highest BCUT2D eigenvalue weighted by atomic mass is 16.2. The van der Waals surface area contributed by atoms with Gasteiger partial charge in [-0.05, 0) is 6.42 Å². The lowest BCUT2D eigenvalue weighted by Gasteiger charge is -2.03. The van der Waals surface area contributed by atoms with Crippen molar-refractivity contribution in [3.63, 3.8) is 0 Å². The number of hydrogen-bond donors (Lipinski definition) is 2. The van der Waals surface area contributed by atoms with Gasteiger partial charge in [-0.15, -0.1) is 0 Å². The second kappa shape index (κ2) is 12.4. The van der Waals surface area contributed by atoms with Gasteiger partial charge in [0.05, 0.1) is 6.54 Å². The largest absolute Gasteiger partial charge is 0.368 e. The quantitative estimate of drug-likeness (QED) is 0.527. The minimum Gasteiger partial charge on any atom is -0.368 e. The number of nitrogens with two attached hydrogens (primary N) is 1. The van der Waals surface area contributed by atoms with Gasteiger partial charge in [0, 0.05) is 6.42 Å². The molecule has 0 aromatic heterocycles. The van der Waals surface area contributed by atoms with E-state index in [0.717, 1.165) is 12.8 Å². The van der Waals surface area contributed by atoms with Gasteiger partial charge in [-0.3, -0.25) is 9.59 Å². The second-order valence-corrected chi connectivity index (χ2v) is 4.82. The molecule has 0 aliphatic rings. The molecule has 0 saturated carbocycles. The molecule has 0 heterocycles. The van der Waals surface area contributed by atoms with Crippen LogP contribution in [0.1, 0.15) is 71.1 Å². The molecule has 0 bridgehead atoms. The summed E-state index contributed by atoms with van der Waals surface area (Å²) in [7, 11) is 0. The summed E-state index contributed by atoms with van der Waals surface area (Å²) in [4.78, 5) is 21.7. The molecule has 0 fully saturated rings. The lowest BCUT2D eigenvalue weighted by Crippen LogP contribution is -2.33. The molecule has 0 radical (unpaired) electrons. The maximum absolute atomic E-state index is 11.2. The first-order valence-corrected chi connectivity index (χ1v) is 7.21. The van der Waals surface area contributed by atoms with Crippen molar-refractivity contribution in [2.24, 2.45) is 5.73 Å². The van der Waals surface area contributed by atoms with Crippen LogP contribution in [0.5, 0.6) is 0 Å². The van der Waals surface area contributed by atoms with Gasteiger partial charge in [0.2, 0.25) is 11.8 Å². The summed E-state index contributed by atoms with van der Waals surface area (Å²) in [6.45, 7) is 2.18. The number of carbonyl (C=O) groups is 2. The van der Waals surface area contributed by atoms with Crippen LogP contribution in [0.25, 0.3) is 0 Å². The molecule has 0 spiro atoms. The maximum atomic E-state index is 11.2. The van der Waals surface area contributed by atoms with Crippen LogP contribution < -0.4 is 11.1 Å². The lowest BCUT2D eigenvalue weighted by atomic mass is 10.1. The molecular formula is C14H28N2O2. The van der Waals surface area contributed by atoms with Gasteiger partial charge < -0.3 is 11.1 Å². The van der Waals surface area contributed by atoms with E-state index in [4.69, 9.17) is 5.73 Å².